The van der Waals surface area contributed by atoms with E-state index in [1.165, 1.54) is 12.3 Å². The van der Waals surface area contributed by atoms with Gasteiger partial charge >= 0.3 is 6.09 Å². The standard InChI is InChI=1S/C10H14N2O3/c1-10(2,3)15-9(14)12-6-4-5-7(12)8(11)13/h4-6H,1-3H3,(H2,11,13). The van der Waals surface area contributed by atoms with E-state index in [0.717, 1.165) is 4.57 Å². The number of carbonyl (C=O) groups is 2. The molecular weight excluding hydrogens is 196 g/mol. The van der Waals surface area contributed by atoms with Crippen molar-refractivity contribution in [2.75, 3.05) is 0 Å². The zero-order valence-corrected chi connectivity index (χ0v) is 8.98. The normalized spacial score (nSPS) is 11.1. The van der Waals surface area contributed by atoms with Crippen LogP contribution in [0.3, 0.4) is 0 Å². The van der Waals surface area contributed by atoms with E-state index in [-0.39, 0.29) is 5.69 Å². The molecule has 0 saturated carbocycles. The summed E-state index contributed by atoms with van der Waals surface area (Å²) in [6, 6.07) is 3.02. The van der Waals surface area contributed by atoms with Crippen molar-refractivity contribution in [3.63, 3.8) is 0 Å². The van der Waals surface area contributed by atoms with Crippen LogP contribution in [0.25, 0.3) is 0 Å². The molecule has 0 aliphatic rings. The number of carbonyl (C=O) groups excluding carboxylic acids is 2. The summed E-state index contributed by atoms with van der Waals surface area (Å²) in [7, 11) is 0. The fourth-order valence-corrected chi connectivity index (χ4v) is 1.05. The van der Waals surface area contributed by atoms with Crippen LogP contribution in [0.4, 0.5) is 4.79 Å². The molecule has 0 aliphatic heterocycles. The maximum atomic E-state index is 11.6. The monoisotopic (exact) mass is 210 g/mol. The predicted molar refractivity (Wildman–Crippen MR) is 54.6 cm³/mol. The van der Waals surface area contributed by atoms with Gasteiger partial charge in [0.25, 0.3) is 5.91 Å². The van der Waals surface area contributed by atoms with Gasteiger partial charge in [0.05, 0.1) is 0 Å². The van der Waals surface area contributed by atoms with Crippen molar-refractivity contribution in [1.29, 1.82) is 0 Å². The quantitative estimate of drug-likeness (QED) is 0.760. The van der Waals surface area contributed by atoms with Crippen molar-refractivity contribution >= 4 is 12.0 Å². The maximum Gasteiger partial charge on any atom is 0.419 e. The molecule has 0 atom stereocenters. The highest BCUT2D eigenvalue weighted by Crippen LogP contribution is 2.10. The molecule has 5 nitrogen and oxygen atoms in total. The van der Waals surface area contributed by atoms with Gasteiger partial charge in [0.15, 0.2) is 0 Å². The molecule has 0 fully saturated rings. The van der Waals surface area contributed by atoms with Gasteiger partial charge in [0.1, 0.15) is 11.3 Å². The van der Waals surface area contributed by atoms with E-state index in [9.17, 15) is 9.59 Å². The van der Waals surface area contributed by atoms with E-state index >= 15 is 0 Å². The van der Waals surface area contributed by atoms with Crippen LogP contribution in [0.1, 0.15) is 31.3 Å². The third-order valence-corrected chi connectivity index (χ3v) is 1.59. The topological polar surface area (TPSA) is 74.3 Å². The van der Waals surface area contributed by atoms with Gasteiger partial charge in [-0.3, -0.25) is 4.79 Å². The average molecular weight is 210 g/mol. The zero-order chi connectivity index (χ0) is 11.6. The molecule has 82 valence electrons. The third kappa shape index (κ3) is 2.83. The van der Waals surface area contributed by atoms with Crippen molar-refractivity contribution in [3.05, 3.63) is 24.0 Å². The van der Waals surface area contributed by atoms with Crippen LogP contribution in [0.2, 0.25) is 0 Å². The number of nitrogens with zero attached hydrogens (tertiary/aromatic N) is 1. The van der Waals surface area contributed by atoms with Crippen molar-refractivity contribution < 1.29 is 14.3 Å². The molecule has 0 saturated heterocycles. The summed E-state index contributed by atoms with van der Waals surface area (Å²) in [5.41, 5.74) is 4.61. The summed E-state index contributed by atoms with van der Waals surface area (Å²) >= 11 is 0. The van der Waals surface area contributed by atoms with Gasteiger partial charge in [-0.1, -0.05) is 0 Å². The molecule has 5 heteroatoms. The minimum absolute atomic E-state index is 0.115. The first-order valence-corrected chi connectivity index (χ1v) is 4.52. The first-order chi connectivity index (χ1) is 6.81. The molecule has 0 bridgehead atoms. The fourth-order valence-electron chi connectivity index (χ4n) is 1.05. The second-order valence-electron chi connectivity index (χ2n) is 4.11. The van der Waals surface area contributed by atoms with Gasteiger partial charge in [0, 0.05) is 6.20 Å². The Bertz CT molecular complexity index is 388. The molecule has 1 aromatic heterocycles. The molecule has 1 rings (SSSR count). The molecule has 15 heavy (non-hydrogen) atoms. The van der Waals surface area contributed by atoms with E-state index in [0.29, 0.717) is 0 Å². The Morgan fingerprint density at radius 1 is 1.40 bits per heavy atom. The summed E-state index contributed by atoms with van der Waals surface area (Å²) in [4.78, 5) is 22.5. The van der Waals surface area contributed by atoms with E-state index in [1.807, 2.05) is 0 Å². The van der Waals surface area contributed by atoms with Crippen LogP contribution < -0.4 is 5.73 Å². The highest BCUT2D eigenvalue weighted by molar-refractivity contribution is 5.94. The second-order valence-corrected chi connectivity index (χ2v) is 4.11. The van der Waals surface area contributed by atoms with E-state index in [2.05, 4.69) is 0 Å². The van der Waals surface area contributed by atoms with Gasteiger partial charge in [-0.15, -0.1) is 0 Å². The first kappa shape index (κ1) is 11.3. The van der Waals surface area contributed by atoms with Gasteiger partial charge < -0.3 is 10.5 Å². The van der Waals surface area contributed by atoms with Crippen molar-refractivity contribution in [1.82, 2.24) is 4.57 Å². The highest BCUT2D eigenvalue weighted by Gasteiger charge is 2.20. The number of aromatic nitrogens is 1. The minimum Gasteiger partial charge on any atom is -0.443 e. The molecule has 1 amide bonds. The Labute approximate surface area is 87.8 Å². The Kier molecular flexibility index (Phi) is 2.83. The van der Waals surface area contributed by atoms with E-state index in [4.69, 9.17) is 10.5 Å². The zero-order valence-electron chi connectivity index (χ0n) is 8.98. The summed E-state index contributed by atoms with van der Waals surface area (Å²) in [6.07, 6.45) is 0.829. The molecule has 0 unspecified atom stereocenters. The van der Waals surface area contributed by atoms with Crippen molar-refractivity contribution in [2.45, 2.75) is 26.4 Å². The highest BCUT2D eigenvalue weighted by atomic mass is 16.6. The SMILES string of the molecule is CC(C)(C)OC(=O)n1cccc1C(N)=O. The number of nitrogens with two attached hydrogens (primary N) is 1. The molecule has 0 radical (unpaired) electrons. The minimum atomic E-state index is -0.661. The molecular formula is C10H14N2O3. The number of hydrogen-bond acceptors (Lipinski definition) is 3. The van der Waals surface area contributed by atoms with Gasteiger partial charge in [0.2, 0.25) is 0 Å². The summed E-state index contributed by atoms with van der Waals surface area (Å²) in [5, 5.41) is 0. The lowest BCUT2D eigenvalue weighted by molar-refractivity contribution is 0.0528. The summed E-state index contributed by atoms with van der Waals surface area (Å²) < 4.78 is 6.18. The van der Waals surface area contributed by atoms with Gasteiger partial charge in [-0.05, 0) is 32.9 Å². The Hall–Kier alpha value is -1.78. The molecule has 1 aromatic rings. The van der Waals surface area contributed by atoms with Crippen LogP contribution in [0, 0.1) is 0 Å². The third-order valence-electron chi connectivity index (χ3n) is 1.59. The molecule has 1 heterocycles. The summed E-state index contributed by atoms with van der Waals surface area (Å²) in [5.74, 6) is -0.661. The Morgan fingerprint density at radius 2 is 2.00 bits per heavy atom. The Balaban J connectivity index is 2.92. The van der Waals surface area contributed by atoms with Crippen LogP contribution in [-0.2, 0) is 4.74 Å². The molecule has 0 spiro atoms. The van der Waals surface area contributed by atoms with Gasteiger partial charge in [-0.2, -0.15) is 0 Å². The lowest BCUT2D eigenvalue weighted by Gasteiger charge is -2.19. The number of ether oxygens (including phenoxy) is 1. The summed E-state index contributed by atoms with van der Waals surface area (Å²) in [6.45, 7) is 5.25. The number of amides is 1. The van der Waals surface area contributed by atoms with Crippen LogP contribution >= 0.6 is 0 Å². The number of rotatable bonds is 1. The molecule has 0 aliphatic carbocycles. The van der Waals surface area contributed by atoms with Crippen molar-refractivity contribution in [3.8, 4) is 0 Å². The van der Waals surface area contributed by atoms with Crippen LogP contribution in [0.5, 0.6) is 0 Å². The number of primary amides is 1. The number of hydrogen-bond donors (Lipinski definition) is 1. The first-order valence-electron chi connectivity index (χ1n) is 4.52. The molecule has 2 N–H and O–H groups in total. The van der Waals surface area contributed by atoms with Crippen LogP contribution in [-0.4, -0.2) is 22.2 Å². The average Bonchev–Trinajstić information content (AvgIpc) is 2.47. The predicted octanol–water partition coefficient (Wildman–Crippen LogP) is 1.37. The largest absolute Gasteiger partial charge is 0.443 e. The lowest BCUT2D eigenvalue weighted by atomic mass is 10.2. The van der Waals surface area contributed by atoms with E-state index in [1.54, 1.807) is 26.8 Å². The van der Waals surface area contributed by atoms with Crippen molar-refractivity contribution in [2.24, 2.45) is 5.73 Å². The molecule has 0 aromatic carbocycles. The fraction of sp³-hybridized carbons (Fsp3) is 0.400. The van der Waals surface area contributed by atoms with Crippen LogP contribution in [0.15, 0.2) is 18.3 Å². The van der Waals surface area contributed by atoms with Gasteiger partial charge in [-0.25, -0.2) is 9.36 Å². The lowest BCUT2D eigenvalue weighted by Crippen LogP contribution is -2.29. The van der Waals surface area contributed by atoms with E-state index < -0.39 is 17.6 Å². The Morgan fingerprint density at radius 3 is 2.47 bits per heavy atom. The smallest absolute Gasteiger partial charge is 0.419 e. The second kappa shape index (κ2) is 3.76. The maximum absolute atomic E-state index is 11.6.